The van der Waals surface area contributed by atoms with Crippen LogP contribution >= 0.6 is 7.92 Å². The highest BCUT2D eigenvalue weighted by atomic mass is 31.1. The summed E-state index contributed by atoms with van der Waals surface area (Å²) in [5.41, 5.74) is 0. The number of allylic oxidation sites excluding steroid dienone is 3. The van der Waals surface area contributed by atoms with Crippen LogP contribution in [0.1, 0.15) is 20.3 Å². The fourth-order valence-electron chi connectivity index (χ4n) is 2.94. The van der Waals surface area contributed by atoms with Gasteiger partial charge in [-0.05, 0) is 25.0 Å². The van der Waals surface area contributed by atoms with Gasteiger partial charge in [0.2, 0.25) is 0 Å². The number of carbonyl (C=O) groups excluding carboxylic acids is 1. The Balaban J connectivity index is 2.14. The molecule has 0 radical (unpaired) electrons. The van der Waals surface area contributed by atoms with Crippen molar-refractivity contribution in [1.29, 1.82) is 0 Å². The van der Waals surface area contributed by atoms with E-state index in [9.17, 15) is 4.79 Å². The van der Waals surface area contributed by atoms with Gasteiger partial charge in [0.05, 0.1) is 0 Å². The van der Waals surface area contributed by atoms with Gasteiger partial charge in [0, 0.05) is 18.2 Å². The van der Waals surface area contributed by atoms with E-state index >= 15 is 0 Å². The van der Waals surface area contributed by atoms with Crippen molar-refractivity contribution in [2.45, 2.75) is 20.3 Å². The number of benzene rings is 2. The van der Waals surface area contributed by atoms with E-state index in [4.69, 9.17) is 4.74 Å². The molecule has 0 aromatic heterocycles. The standard InChI is InChI=1S/C21H21O2P/c1-3-17-14-15-20(21(17)23-16(2)22)24(18-10-6-4-7-11-18)19-12-8-5-9-13-19/h4-15,17H,3H2,1-2H3. The van der Waals surface area contributed by atoms with Gasteiger partial charge in [-0.1, -0.05) is 79.7 Å². The topological polar surface area (TPSA) is 26.3 Å². The Hall–Kier alpha value is -2.18. The van der Waals surface area contributed by atoms with Crippen LogP contribution in [0.2, 0.25) is 0 Å². The Labute approximate surface area is 144 Å². The molecule has 3 heteroatoms. The second-order valence-corrected chi connectivity index (χ2v) is 7.91. The summed E-state index contributed by atoms with van der Waals surface area (Å²) >= 11 is 0. The average molecular weight is 336 g/mol. The molecule has 0 aliphatic heterocycles. The molecule has 1 atom stereocenters. The van der Waals surface area contributed by atoms with Crippen LogP contribution < -0.4 is 10.6 Å². The van der Waals surface area contributed by atoms with Crippen LogP contribution in [0.15, 0.2) is 83.9 Å². The molecule has 1 aliphatic rings. The van der Waals surface area contributed by atoms with E-state index in [1.54, 1.807) is 0 Å². The number of hydrogen-bond donors (Lipinski definition) is 0. The van der Waals surface area contributed by atoms with Crippen LogP contribution in [0, 0.1) is 5.92 Å². The lowest BCUT2D eigenvalue weighted by molar-refractivity contribution is -0.137. The van der Waals surface area contributed by atoms with Crippen molar-refractivity contribution in [2.75, 3.05) is 0 Å². The zero-order valence-corrected chi connectivity index (χ0v) is 14.9. The number of hydrogen-bond acceptors (Lipinski definition) is 2. The predicted molar refractivity (Wildman–Crippen MR) is 101 cm³/mol. The van der Waals surface area contributed by atoms with Crippen molar-refractivity contribution in [3.63, 3.8) is 0 Å². The number of ether oxygens (including phenoxy) is 1. The summed E-state index contributed by atoms with van der Waals surface area (Å²) in [6.07, 6.45) is 5.24. The number of esters is 1. The maximum absolute atomic E-state index is 11.6. The summed E-state index contributed by atoms with van der Waals surface area (Å²) in [4.78, 5) is 11.6. The first kappa shape index (κ1) is 16.7. The maximum atomic E-state index is 11.6. The molecule has 0 bridgehead atoms. The molecule has 2 aromatic carbocycles. The van der Waals surface area contributed by atoms with Crippen molar-refractivity contribution in [3.8, 4) is 0 Å². The molecule has 1 aliphatic carbocycles. The molecule has 0 fully saturated rings. The van der Waals surface area contributed by atoms with Crippen LogP contribution in [-0.4, -0.2) is 5.97 Å². The lowest BCUT2D eigenvalue weighted by atomic mass is 10.1. The van der Waals surface area contributed by atoms with Gasteiger partial charge in [0.25, 0.3) is 0 Å². The van der Waals surface area contributed by atoms with E-state index in [2.05, 4.69) is 67.6 Å². The second kappa shape index (κ2) is 7.59. The molecule has 2 nitrogen and oxygen atoms in total. The molecule has 24 heavy (non-hydrogen) atoms. The largest absolute Gasteiger partial charge is 0.430 e. The summed E-state index contributed by atoms with van der Waals surface area (Å²) in [6.45, 7) is 3.59. The van der Waals surface area contributed by atoms with E-state index in [0.717, 1.165) is 17.5 Å². The lowest BCUT2D eigenvalue weighted by Crippen LogP contribution is -2.14. The van der Waals surface area contributed by atoms with E-state index in [1.807, 2.05) is 12.1 Å². The Morgan fingerprint density at radius 3 is 2.00 bits per heavy atom. The van der Waals surface area contributed by atoms with Gasteiger partial charge in [-0.15, -0.1) is 0 Å². The van der Waals surface area contributed by atoms with Crippen LogP contribution in [-0.2, 0) is 9.53 Å². The van der Waals surface area contributed by atoms with Crippen LogP contribution in [0.4, 0.5) is 0 Å². The molecule has 0 saturated carbocycles. The third-order valence-electron chi connectivity index (χ3n) is 4.04. The molecular weight excluding hydrogens is 315 g/mol. The third-order valence-corrected chi connectivity index (χ3v) is 6.52. The third kappa shape index (κ3) is 3.49. The van der Waals surface area contributed by atoms with E-state index in [1.165, 1.54) is 17.5 Å². The van der Waals surface area contributed by atoms with E-state index in [-0.39, 0.29) is 11.9 Å². The van der Waals surface area contributed by atoms with Gasteiger partial charge in [0.1, 0.15) is 5.76 Å². The number of rotatable bonds is 5. The minimum Gasteiger partial charge on any atom is -0.430 e. The highest BCUT2D eigenvalue weighted by Crippen LogP contribution is 2.50. The minimum atomic E-state index is -0.739. The Morgan fingerprint density at radius 2 is 1.54 bits per heavy atom. The zero-order chi connectivity index (χ0) is 16.9. The summed E-state index contributed by atoms with van der Waals surface area (Å²) in [5, 5.41) is 3.67. The number of carbonyl (C=O) groups is 1. The van der Waals surface area contributed by atoms with Gasteiger partial charge in [0.15, 0.2) is 0 Å². The smallest absolute Gasteiger partial charge is 0.307 e. The van der Waals surface area contributed by atoms with Crippen molar-refractivity contribution in [2.24, 2.45) is 5.92 Å². The van der Waals surface area contributed by atoms with Crippen molar-refractivity contribution in [1.82, 2.24) is 0 Å². The first-order chi connectivity index (χ1) is 11.7. The summed E-state index contributed by atoms with van der Waals surface area (Å²) in [5.74, 6) is 0.755. The van der Waals surface area contributed by atoms with Crippen LogP contribution in [0.5, 0.6) is 0 Å². The normalized spacial score (nSPS) is 16.7. The summed E-state index contributed by atoms with van der Waals surface area (Å²) in [6, 6.07) is 20.9. The quantitative estimate of drug-likeness (QED) is 0.594. The van der Waals surface area contributed by atoms with Gasteiger partial charge in [-0.3, -0.25) is 4.79 Å². The van der Waals surface area contributed by atoms with Gasteiger partial charge in [-0.25, -0.2) is 0 Å². The summed E-state index contributed by atoms with van der Waals surface area (Å²) in [7, 11) is -0.739. The Kier molecular flexibility index (Phi) is 5.27. The molecule has 0 amide bonds. The Bertz CT molecular complexity index is 723. The summed E-state index contributed by atoms with van der Waals surface area (Å²) < 4.78 is 5.65. The Morgan fingerprint density at radius 1 is 1.00 bits per heavy atom. The van der Waals surface area contributed by atoms with Crippen LogP contribution in [0.25, 0.3) is 0 Å². The molecule has 122 valence electrons. The van der Waals surface area contributed by atoms with E-state index < -0.39 is 7.92 Å². The molecule has 0 spiro atoms. The van der Waals surface area contributed by atoms with Crippen molar-refractivity contribution in [3.05, 3.63) is 83.9 Å². The molecule has 1 unspecified atom stereocenters. The highest BCUT2D eigenvalue weighted by Gasteiger charge is 2.29. The van der Waals surface area contributed by atoms with E-state index in [0.29, 0.717) is 0 Å². The lowest BCUT2D eigenvalue weighted by Gasteiger charge is -2.22. The van der Waals surface area contributed by atoms with Gasteiger partial charge < -0.3 is 4.74 Å². The monoisotopic (exact) mass is 336 g/mol. The SMILES string of the molecule is CCC1C=CC(P(c2ccccc2)c2ccccc2)=C1OC(C)=O. The predicted octanol–water partition coefficient (Wildman–Crippen LogP) is 4.49. The van der Waals surface area contributed by atoms with Crippen LogP contribution in [0.3, 0.4) is 0 Å². The maximum Gasteiger partial charge on any atom is 0.307 e. The van der Waals surface area contributed by atoms with Gasteiger partial charge in [-0.2, -0.15) is 0 Å². The second-order valence-electron chi connectivity index (χ2n) is 5.72. The molecule has 3 rings (SSSR count). The van der Waals surface area contributed by atoms with Crippen molar-refractivity contribution >= 4 is 24.5 Å². The average Bonchev–Trinajstić information content (AvgIpc) is 2.99. The van der Waals surface area contributed by atoms with Gasteiger partial charge >= 0.3 is 5.97 Å². The molecular formula is C21H21O2P. The molecule has 0 saturated heterocycles. The molecule has 2 aromatic rings. The molecule has 0 heterocycles. The molecule has 0 N–H and O–H groups in total. The fraction of sp³-hybridized carbons (Fsp3) is 0.190. The van der Waals surface area contributed by atoms with Crippen molar-refractivity contribution < 1.29 is 9.53 Å². The minimum absolute atomic E-state index is 0.182. The highest BCUT2D eigenvalue weighted by molar-refractivity contribution is 7.77. The first-order valence-corrected chi connectivity index (χ1v) is 9.56. The first-order valence-electron chi connectivity index (χ1n) is 8.21. The fourth-order valence-corrected chi connectivity index (χ4v) is 5.40. The zero-order valence-electron chi connectivity index (χ0n) is 14.0.